The number of carbonyl (C=O) groups is 1. The van der Waals surface area contributed by atoms with Crippen molar-refractivity contribution in [2.75, 3.05) is 50.1 Å². The predicted octanol–water partition coefficient (Wildman–Crippen LogP) is 3.73. The number of carbonyl (C=O) groups excluding carboxylic acids is 1. The highest BCUT2D eigenvalue weighted by Crippen LogP contribution is 2.20. The molecule has 0 unspecified atom stereocenters. The maximum Gasteiger partial charge on any atom is 0.255 e. The van der Waals surface area contributed by atoms with E-state index in [2.05, 4.69) is 48.1 Å². The number of amides is 1. The second kappa shape index (κ2) is 8.91. The highest BCUT2D eigenvalue weighted by Gasteiger charge is 2.14. The number of rotatable bonds is 6. The second-order valence-corrected chi connectivity index (χ2v) is 7.52. The van der Waals surface area contributed by atoms with Crippen LogP contribution >= 0.6 is 0 Å². The van der Waals surface area contributed by atoms with E-state index < -0.39 is 0 Å². The van der Waals surface area contributed by atoms with Crippen LogP contribution in [-0.2, 0) is 0 Å². The van der Waals surface area contributed by atoms with Gasteiger partial charge in [0.25, 0.3) is 5.91 Å². The van der Waals surface area contributed by atoms with Gasteiger partial charge in [0.2, 0.25) is 0 Å². The summed E-state index contributed by atoms with van der Waals surface area (Å²) in [6.45, 7) is 9.12. The van der Waals surface area contributed by atoms with Crippen molar-refractivity contribution in [2.24, 2.45) is 5.92 Å². The molecule has 1 aliphatic rings. The number of likely N-dealkylation sites (N-methyl/N-ethyl adjacent to an activating group) is 1. The van der Waals surface area contributed by atoms with Crippen LogP contribution in [0.5, 0.6) is 5.75 Å². The number of benzene rings is 2. The monoisotopic (exact) mass is 367 g/mol. The van der Waals surface area contributed by atoms with E-state index in [1.54, 1.807) is 12.1 Å². The molecule has 0 saturated carbocycles. The number of piperazine rings is 1. The van der Waals surface area contributed by atoms with E-state index in [9.17, 15) is 4.79 Å². The van der Waals surface area contributed by atoms with E-state index in [-0.39, 0.29) is 5.91 Å². The zero-order valence-corrected chi connectivity index (χ0v) is 16.4. The Morgan fingerprint density at radius 1 is 1.00 bits per heavy atom. The molecule has 5 heteroatoms. The lowest BCUT2D eigenvalue weighted by atomic mass is 10.2. The summed E-state index contributed by atoms with van der Waals surface area (Å²) in [6, 6.07) is 15.3. The molecule has 5 nitrogen and oxygen atoms in total. The summed E-state index contributed by atoms with van der Waals surface area (Å²) in [7, 11) is 2.15. The van der Waals surface area contributed by atoms with Crippen LogP contribution in [0.3, 0.4) is 0 Å². The molecule has 1 N–H and O–H groups in total. The van der Waals surface area contributed by atoms with Crippen LogP contribution in [0, 0.1) is 5.92 Å². The summed E-state index contributed by atoms with van der Waals surface area (Å²) in [5.74, 6) is 1.15. The minimum atomic E-state index is -0.113. The number of hydrogen-bond donors (Lipinski definition) is 1. The molecule has 1 heterocycles. The molecule has 1 amide bonds. The van der Waals surface area contributed by atoms with Gasteiger partial charge in [-0.15, -0.1) is 0 Å². The lowest BCUT2D eigenvalue weighted by Crippen LogP contribution is -2.44. The Morgan fingerprint density at radius 2 is 1.63 bits per heavy atom. The smallest absolute Gasteiger partial charge is 0.255 e. The third-order valence-electron chi connectivity index (χ3n) is 4.69. The summed E-state index contributed by atoms with van der Waals surface area (Å²) in [6.07, 6.45) is 0. The van der Waals surface area contributed by atoms with Crippen molar-refractivity contribution in [2.45, 2.75) is 13.8 Å². The Hall–Kier alpha value is -2.53. The molecule has 1 fully saturated rings. The molecule has 1 saturated heterocycles. The van der Waals surface area contributed by atoms with Gasteiger partial charge < -0.3 is 19.9 Å². The molecule has 0 aromatic heterocycles. The van der Waals surface area contributed by atoms with Crippen LogP contribution < -0.4 is 15.0 Å². The molecule has 3 rings (SSSR count). The number of ether oxygens (including phenoxy) is 1. The molecular formula is C22H29N3O2. The largest absolute Gasteiger partial charge is 0.493 e. The number of anilines is 2. The summed E-state index contributed by atoms with van der Waals surface area (Å²) in [5, 5.41) is 2.96. The average Bonchev–Trinajstić information content (AvgIpc) is 2.68. The number of nitrogens with zero attached hydrogens (tertiary/aromatic N) is 2. The Kier molecular flexibility index (Phi) is 6.35. The fourth-order valence-electron chi connectivity index (χ4n) is 2.99. The summed E-state index contributed by atoms with van der Waals surface area (Å²) in [4.78, 5) is 17.2. The van der Waals surface area contributed by atoms with Crippen LogP contribution in [0.25, 0.3) is 0 Å². The van der Waals surface area contributed by atoms with Crippen LogP contribution in [-0.4, -0.2) is 50.6 Å². The molecule has 1 aliphatic heterocycles. The van der Waals surface area contributed by atoms with Gasteiger partial charge in [-0.05, 0) is 61.5 Å². The summed E-state index contributed by atoms with van der Waals surface area (Å²) < 4.78 is 5.66. The first kappa shape index (κ1) is 19.2. The van der Waals surface area contributed by atoms with Crippen molar-refractivity contribution in [1.82, 2.24) is 4.90 Å². The first-order chi connectivity index (χ1) is 13.0. The Bertz CT molecular complexity index is 733. The molecule has 2 aromatic rings. The first-order valence-electron chi connectivity index (χ1n) is 9.59. The van der Waals surface area contributed by atoms with Gasteiger partial charge in [0.05, 0.1) is 6.61 Å². The van der Waals surface area contributed by atoms with Crippen LogP contribution in [0.15, 0.2) is 48.5 Å². The van der Waals surface area contributed by atoms with Gasteiger partial charge in [0.15, 0.2) is 0 Å². The standard InChI is InChI=1S/C22H29N3O2/c1-17(2)16-27-21-10-4-18(5-11-21)22(26)23-19-6-8-20(9-7-19)25-14-12-24(3)13-15-25/h4-11,17H,12-16H2,1-3H3,(H,23,26). The zero-order valence-electron chi connectivity index (χ0n) is 16.4. The molecule has 2 aromatic carbocycles. The fraction of sp³-hybridized carbons (Fsp3) is 0.409. The van der Waals surface area contributed by atoms with Crippen LogP contribution in [0.4, 0.5) is 11.4 Å². The lowest BCUT2D eigenvalue weighted by molar-refractivity contribution is 0.102. The first-order valence-corrected chi connectivity index (χ1v) is 9.59. The molecular weight excluding hydrogens is 338 g/mol. The summed E-state index contributed by atoms with van der Waals surface area (Å²) >= 11 is 0. The maximum absolute atomic E-state index is 12.4. The van der Waals surface area contributed by atoms with E-state index >= 15 is 0 Å². The van der Waals surface area contributed by atoms with Crippen LogP contribution in [0.1, 0.15) is 24.2 Å². The third kappa shape index (κ3) is 5.47. The topological polar surface area (TPSA) is 44.8 Å². The quantitative estimate of drug-likeness (QED) is 0.845. The van der Waals surface area contributed by atoms with Crippen molar-refractivity contribution >= 4 is 17.3 Å². The van der Waals surface area contributed by atoms with Gasteiger partial charge in [-0.3, -0.25) is 4.79 Å². The maximum atomic E-state index is 12.4. The molecule has 0 spiro atoms. The van der Waals surface area contributed by atoms with Gasteiger partial charge in [0.1, 0.15) is 5.75 Å². The molecule has 0 aliphatic carbocycles. The van der Waals surface area contributed by atoms with E-state index in [0.29, 0.717) is 18.1 Å². The molecule has 27 heavy (non-hydrogen) atoms. The highest BCUT2D eigenvalue weighted by atomic mass is 16.5. The van der Waals surface area contributed by atoms with Crippen molar-refractivity contribution < 1.29 is 9.53 Å². The Balaban J connectivity index is 1.56. The highest BCUT2D eigenvalue weighted by molar-refractivity contribution is 6.04. The van der Waals surface area contributed by atoms with Crippen molar-refractivity contribution in [3.8, 4) is 5.75 Å². The average molecular weight is 367 g/mol. The molecule has 0 atom stereocenters. The van der Waals surface area contributed by atoms with E-state index in [0.717, 1.165) is 37.6 Å². The van der Waals surface area contributed by atoms with Gasteiger partial charge in [-0.1, -0.05) is 13.8 Å². The summed E-state index contributed by atoms with van der Waals surface area (Å²) in [5.41, 5.74) is 2.63. The number of nitrogens with one attached hydrogen (secondary N) is 1. The predicted molar refractivity (Wildman–Crippen MR) is 111 cm³/mol. The van der Waals surface area contributed by atoms with E-state index in [1.165, 1.54) is 5.69 Å². The Morgan fingerprint density at radius 3 is 2.22 bits per heavy atom. The minimum Gasteiger partial charge on any atom is -0.493 e. The van der Waals surface area contributed by atoms with Gasteiger partial charge in [0, 0.05) is 43.1 Å². The molecule has 144 valence electrons. The Labute approximate surface area is 161 Å². The van der Waals surface area contributed by atoms with Crippen molar-refractivity contribution in [1.29, 1.82) is 0 Å². The molecule has 0 radical (unpaired) electrons. The third-order valence-corrected chi connectivity index (χ3v) is 4.69. The van der Waals surface area contributed by atoms with Crippen molar-refractivity contribution in [3.05, 3.63) is 54.1 Å². The molecule has 0 bridgehead atoms. The van der Waals surface area contributed by atoms with E-state index in [4.69, 9.17) is 4.74 Å². The SMILES string of the molecule is CC(C)COc1ccc(C(=O)Nc2ccc(N3CCN(C)CC3)cc2)cc1. The van der Waals surface area contributed by atoms with Crippen molar-refractivity contribution in [3.63, 3.8) is 0 Å². The zero-order chi connectivity index (χ0) is 19.2. The second-order valence-electron chi connectivity index (χ2n) is 7.52. The van der Waals surface area contributed by atoms with Gasteiger partial charge in [-0.2, -0.15) is 0 Å². The van der Waals surface area contributed by atoms with Gasteiger partial charge >= 0.3 is 0 Å². The lowest BCUT2D eigenvalue weighted by Gasteiger charge is -2.34. The van der Waals surface area contributed by atoms with Crippen LogP contribution in [0.2, 0.25) is 0 Å². The van der Waals surface area contributed by atoms with Gasteiger partial charge in [-0.25, -0.2) is 0 Å². The fourth-order valence-corrected chi connectivity index (χ4v) is 2.99. The normalized spacial score (nSPS) is 15.0. The minimum absolute atomic E-state index is 0.113. The number of hydrogen-bond acceptors (Lipinski definition) is 4. The van der Waals surface area contributed by atoms with E-state index in [1.807, 2.05) is 24.3 Å².